The Labute approximate surface area is 148 Å². The molecule has 0 rings (SSSR count). The Hall–Kier alpha value is -1.04. The van der Waals surface area contributed by atoms with Crippen LogP contribution in [0.4, 0.5) is 22.0 Å². The van der Waals surface area contributed by atoms with Crippen LogP contribution in [-0.2, 0) is 28.5 Å². The topological polar surface area (TPSA) is 63.2 Å². The van der Waals surface area contributed by atoms with Crippen molar-refractivity contribution in [3.05, 3.63) is 0 Å². The summed E-state index contributed by atoms with van der Waals surface area (Å²) in [7, 11) is 0. The first-order valence-electron chi connectivity index (χ1n) is 8.16. The van der Waals surface area contributed by atoms with Crippen LogP contribution in [0.1, 0.15) is 19.8 Å². The Morgan fingerprint density at radius 3 is 1.46 bits per heavy atom. The largest absolute Gasteiger partial charge is 0.465 e. The SMILES string of the molecule is CCCCOCCOCCOCCOCCOC(=O)C(F)(F)C(F)(F)F. The van der Waals surface area contributed by atoms with E-state index in [0.29, 0.717) is 33.0 Å². The second-order valence-corrected chi connectivity index (χ2v) is 5.01. The highest BCUT2D eigenvalue weighted by molar-refractivity contribution is 5.78. The van der Waals surface area contributed by atoms with Crippen LogP contribution >= 0.6 is 0 Å². The van der Waals surface area contributed by atoms with Crippen molar-refractivity contribution in [2.24, 2.45) is 0 Å². The van der Waals surface area contributed by atoms with E-state index in [9.17, 15) is 26.7 Å². The molecule has 0 aromatic rings. The third-order valence-corrected chi connectivity index (χ3v) is 2.83. The van der Waals surface area contributed by atoms with E-state index in [0.717, 1.165) is 12.8 Å². The normalized spacial score (nSPS) is 12.4. The highest BCUT2D eigenvalue weighted by atomic mass is 19.4. The molecule has 0 heterocycles. The number of hydrogen-bond donors (Lipinski definition) is 0. The third-order valence-electron chi connectivity index (χ3n) is 2.83. The number of hydrogen-bond acceptors (Lipinski definition) is 6. The van der Waals surface area contributed by atoms with E-state index >= 15 is 0 Å². The van der Waals surface area contributed by atoms with Crippen LogP contribution in [0.25, 0.3) is 0 Å². The van der Waals surface area contributed by atoms with Gasteiger partial charge in [0.2, 0.25) is 0 Å². The van der Waals surface area contributed by atoms with Crippen LogP contribution < -0.4 is 0 Å². The van der Waals surface area contributed by atoms with Gasteiger partial charge in [0.1, 0.15) is 6.61 Å². The van der Waals surface area contributed by atoms with Crippen molar-refractivity contribution in [2.45, 2.75) is 31.9 Å². The van der Waals surface area contributed by atoms with Crippen molar-refractivity contribution < 1.29 is 50.4 Å². The number of carbonyl (C=O) groups excluding carboxylic acids is 1. The van der Waals surface area contributed by atoms with E-state index in [1.165, 1.54) is 0 Å². The Kier molecular flexibility index (Phi) is 13.5. The number of carbonyl (C=O) groups is 1. The molecule has 0 aromatic heterocycles. The van der Waals surface area contributed by atoms with Gasteiger partial charge in [-0.25, -0.2) is 4.79 Å². The first-order valence-corrected chi connectivity index (χ1v) is 8.16. The van der Waals surface area contributed by atoms with Gasteiger partial charge in [-0.05, 0) is 6.42 Å². The van der Waals surface area contributed by atoms with Crippen molar-refractivity contribution in [3.8, 4) is 0 Å². The minimum Gasteiger partial charge on any atom is -0.459 e. The lowest BCUT2D eigenvalue weighted by atomic mass is 10.3. The molecular formula is C15H25F5O6. The van der Waals surface area contributed by atoms with Crippen LogP contribution in [0, 0.1) is 0 Å². The minimum absolute atomic E-state index is 0.0628. The first-order chi connectivity index (χ1) is 12.2. The summed E-state index contributed by atoms with van der Waals surface area (Å²) in [6.07, 6.45) is -3.91. The van der Waals surface area contributed by atoms with Crippen molar-refractivity contribution in [1.29, 1.82) is 0 Å². The number of rotatable bonds is 16. The summed E-state index contributed by atoms with van der Waals surface area (Å²) < 4.78 is 85.0. The predicted molar refractivity (Wildman–Crippen MR) is 80.1 cm³/mol. The van der Waals surface area contributed by atoms with Gasteiger partial charge in [-0.15, -0.1) is 0 Å². The lowest BCUT2D eigenvalue weighted by Crippen LogP contribution is -2.45. The molecule has 156 valence electrons. The average molecular weight is 396 g/mol. The fourth-order valence-electron chi connectivity index (χ4n) is 1.41. The fourth-order valence-corrected chi connectivity index (χ4v) is 1.41. The summed E-state index contributed by atoms with van der Waals surface area (Å²) in [5.41, 5.74) is 0. The summed E-state index contributed by atoms with van der Waals surface area (Å²) in [6, 6.07) is 0. The zero-order chi connectivity index (χ0) is 19.9. The molecule has 0 aliphatic rings. The Morgan fingerprint density at radius 2 is 1.08 bits per heavy atom. The maximum atomic E-state index is 12.5. The minimum atomic E-state index is -5.98. The third kappa shape index (κ3) is 11.6. The van der Waals surface area contributed by atoms with E-state index in [-0.39, 0.29) is 19.8 Å². The summed E-state index contributed by atoms with van der Waals surface area (Å²) >= 11 is 0. The smallest absolute Gasteiger partial charge is 0.459 e. The van der Waals surface area contributed by atoms with Gasteiger partial charge in [0.05, 0.1) is 46.2 Å². The van der Waals surface area contributed by atoms with E-state index in [1.54, 1.807) is 0 Å². The summed E-state index contributed by atoms with van der Waals surface area (Å²) in [6.45, 7) is 3.60. The predicted octanol–water partition coefficient (Wildman–Crippen LogP) is 2.59. The monoisotopic (exact) mass is 396 g/mol. The number of halogens is 5. The number of alkyl halides is 5. The van der Waals surface area contributed by atoms with Crippen LogP contribution in [0.5, 0.6) is 0 Å². The molecule has 0 spiro atoms. The molecule has 26 heavy (non-hydrogen) atoms. The van der Waals surface area contributed by atoms with Gasteiger partial charge >= 0.3 is 18.1 Å². The maximum absolute atomic E-state index is 12.5. The molecule has 0 aliphatic carbocycles. The van der Waals surface area contributed by atoms with Gasteiger partial charge in [0.25, 0.3) is 0 Å². The summed E-state index contributed by atoms with van der Waals surface area (Å²) in [5.74, 6) is -8.18. The van der Waals surface area contributed by atoms with Crippen LogP contribution in [0.2, 0.25) is 0 Å². The lowest BCUT2D eigenvalue weighted by Gasteiger charge is -2.17. The molecule has 6 nitrogen and oxygen atoms in total. The number of ether oxygens (including phenoxy) is 5. The molecule has 0 atom stereocenters. The first kappa shape index (κ1) is 25.0. The molecule has 0 radical (unpaired) electrons. The molecule has 0 bridgehead atoms. The highest BCUT2D eigenvalue weighted by Gasteiger charge is 2.64. The second-order valence-electron chi connectivity index (χ2n) is 5.01. The average Bonchev–Trinajstić information content (AvgIpc) is 2.57. The van der Waals surface area contributed by atoms with Gasteiger partial charge in [-0.3, -0.25) is 0 Å². The van der Waals surface area contributed by atoms with Crippen molar-refractivity contribution in [3.63, 3.8) is 0 Å². The van der Waals surface area contributed by atoms with Crippen LogP contribution in [0.3, 0.4) is 0 Å². The second kappa shape index (κ2) is 14.1. The maximum Gasteiger partial charge on any atom is 0.465 e. The van der Waals surface area contributed by atoms with E-state index in [2.05, 4.69) is 11.7 Å². The molecule has 0 fully saturated rings. The quantitative estimate of drug-likeness (QED) is 0.227. The van der Waals surface area contributed by atoms with Crippen molar-refractivity contribution >= 4 is 5.97 Å². The molecule has 0 aromatic carbocycles. The van der Waals surface area contributed by atoms with Gasteiger partial charge in [-0.2, -0.15) is 22.0 Å². The van der Waals surface area contributed by atoms with E-state index < -0.39 is 24.7 Å². The highest BCUT2D eigenvalue weighted by Crippen LogP contribution is 2.36. The molecule has 0 aliphatic heterocycles. The Bertz CT molecular complexity index is 365. The van der Waals surface area contributed by atoms with Gasteiger partial charge < -0.3 is 23.7 Å². The van der Waals surface area contributed by atoms with Gasteiger partial charge in [0, 0.05) is 6.61 Å². The Morgan fingerprint density at radius 1 is 0.692 bits per heavy atom. The molecular weight excluding hydrogens is 371 g/mol. The molecule has 0 N–H and O–H groups in total. The standard InChI is InChI=1S/C15H25F5O6/c1-2-3-4-22-5-6-23-7-8-24-9-10-25-11-12-26-13(21)14(16,17)15(18,19)20/h2-12H2,1H3. The lowest BCUT2D eigenvalue weighted by molar-refractivity contribution is -0.280. The zero-order valence-corrected chi connectivity index (χ0v) is 14.6. The van der Waals surface area contributed by atoms with Gasteiger partial charge in [-0.1, -0.05) is 13.3 Å². The van der Waals surface area contributed by atoms with E-state index in [1.807, 2.05) is 0 Å². The number of esters is 1. The van der Waals surface area contributed by atoms with E-state index in [4.69, 9.17) is 18.9 Å². The van der Waals surface area contributed by atoms with Crippen molar-refractivity contribution in [1.82, 2.24) is 0 Å². The van der Waals surface area contributed by atoms with Crippen molar-refractivity contribution in [2.75, 3.05) is 59.5 Å². The summed E-state index contributed by atoms with van der Waals surface area (Å²) in [5, 5.41) is 0. The zero-order valence-electron chi connectivity index (χ0n) is 14.6. The van der Waals surface area contributed by atoms with Gasteiger partial charge in [0.15, 0.2) is 0 Å². The van der Waals surface area contributed by atoms with Crippen LogP contribution in [-0.4, -0.2) is 77.5 Å². The molecule has 0 unspecified atom stereocenters. The Balaban J connectivity index is 3.38. The fraction of sp³-hybridized carbons (Fsp3) is 0.933. The number of unbranched alkanes of at least 4 members (excludes halogenated alkanes) is 1. The molecule has 0 amide bonds. The summed E-state index contributed by atoms with van der Waals surface area (Å²) in [4.78, 5) is 10.7. The molecule has 0 saturated heterocycles. The molecule has 11 heteroatoms. The molecule has 0 saturated carbocycles. The van der Waals surface area contributed by atoms with Crippen LogP contribution in [0.15, 0.2) is 0 Å².